The van der Waals surface area contributed by atoms with Gasteiger partial charge in [-0.15, -0.1) is 0 Å². The number of amides is 2. The average Bonchev–Trinajstić information content (AvgIpc) is 3.17. The molecule has 1 aromatic carbocycles. The zero-order valence-electron chi connectivity index (χ0n) is 20.8. The molecule has 9 heteroatoms. The standard InChI is InChI=1S/C25H30N4O4.Na/c1-6-29-19-8-7-17(14-20(19)27(5)23(31)25(3,4)24(29)32)15-26-10-12-28-11-9-21-18(22(28)30)13-16(2)33-21;/h7-9,11,13-14,26H,6,10,12,15H2,1-5H3;. The summed E-state index contributed by atoms with van der Waals surface area (Å²) in [6.45, 7) is 9.27. The number of pyridine rings is 1. The van der Waals surface area contributed by atoms with E-state index in [4.69, 9.17) is 4.42 Å². The van der Waals surface area contributed by atoms with E-state index in [1.165, 1.54) is 0 Å². The summed E-state index contributed by atoms with van der Waals surface area (Å²) in [5.41, 5.74) is 1.87. The van der Waals surface area contributed by atoms with Crippen LogP contribution >= 0.6 is 0 Å². The van der Waals surface area contributed by atoms with E-state index in [1.54, 1.807) is 47.5 Å². The largest absolute Gasteiger partial charge is 0.461 e. The van der Waals surface area contributed by atoms with Crippen LogP contribution in [0.25, 0.3) is 11.0 Å². The van der Waals surface area contributed by atoms with Crippen molar-refractivity contribution in [1.82, 2.24) is 9.88 Å². The summed E-state index contributed by atoms with van der Waals surface area (Å²) in [6, 6.07) is 9.39. The number of carbonyl (C=O) groups excluding carboxylic acids is 2. The number of furan rings is 1. The summed E-state index contributed by atoms with van der Waals surface area (Å²) in [5, 5.41) is 3.95. The molecule has 1 radical (unpaired) electrons. The van der Waals surface area contributed by atoms with Crippen molar-refractivity contribution < 1.29 is 14.0 Å². The van der Waals surface area contributed by atoms with Crippen LogP contribution < -0.4 is 20.7 Å². The first kappa shape index (κ1) is 26.2. The Labute approximate surface area is 221 Å². The summed E-state index contributed by atoms with van der Waals surface area (Å²) < 4.78 is 7.18. The summed E-state index contributed by atoms with van der Waals surface area (Å²) in [7, 11) is 1.71. The predicted molar refractivity (Wildman–Crippen MR) is 134 cm³/mol. The minimum atomic E-state index is -1.12. The van der Waals surface area contributed by atoms with Gasteiger partial charge in [0.1, 0.15) is 16.8 Å². The number of nitrogens with zero attached hydrogens (tertiary/aromatic N) is 3. The molecule has 1 aliphatic rings. The van der Waals surface area contributed by atoms with Gasteiger partial charge < -0.3 is 24.1 Å². The van der Waals surface area contributed by atoms with Gasteiger partial charge >= 0.3 is 0 Å². The SMILES string of the molecule is CCN1C(=O)C(C)(C)C(=O)N(C)c2cc(CNCCn3ccc4oc(C)cc4c3=O)ccc21.[Na]. The van der Waals surface area contributed by atoms with E-state index in [2.05, 4.69) is 5.32 Å². The van der Waals surface area contributed by atoms with Gasteiger partial charge in [0.15, 0.2) is 0 Å². The van der Waals surface area contributed by atoms with Crippen LogP contribution in [0.2, 0.25) is 0 Å². The fourth-order valence-electron chi connectivity index (χ4n) is 4.37. The molecule has 0 unspecified atom stereocenters. The normalized spacial score (nSPS) is 15.3. The molecule has 0 saturated heterocycles. The Bertz CT molecular complexity index is 1290. The third-order valence-electron chi connectivity index (χ3n) is 6.27. The summed E-state index contributed by atoms with van der Waals surface area (Å²) in [4.78, 5) is 41.8. The molecule has 8 nitrogen and oxygen atoms in total. The molecule has 3 heterocycles. The van der Waals surface area contributed by atoms with E-state index in [0.29, 0.717) is 37.1 Å². The molecule has 2 amide bonds. The van der Waals surface area contributed by atoms with E-state index in [9.17, 15) is 14.4 Å². The van der Waals surface area contributed by atoms with Crippen LogP contribution in [0.1, 0.15) is 32.1 Å². The van der Waals surface area contributed by atoms with Gasteiger partial charge in [-0.1, -0.05) is 6.07 Å². The molecular weight excluding hydrogens is 443 g/mol. The Morgan fingerprint density at radius 3 is 2.47 bits per heavy atom. The number of hydrogen-bond acceptors (Lipinski definition) is 5. The first-order valence-electron chi connectivity index (χ1n) is 11.2. The van der Waals surface area contributed by atoms with Crippen LogP contribution in [0.4, 0.5) is 11.4 Å². The van der Waals surface area contributed by atoms with Crippen LogP contribution in [-0.2, 0) is 22.7 Å². The number of aromatic nitrogens is 1. The third-order valence-corrected chi connectivity index (χ3v) is 6.27. The Hall–Kier alpha value is -2.39. The van der Waals surface area contributed by atoms with Gasteiger partial charge in [0.05, 0.1) is 16.8 Å². The maximum Gasteiger partial charge on any atom is 0.261 e. The summed E-state index contributed by atoms with van der Waals surface area (Å²) >= 11 is 0. The van der Waals surface area contributed by atoms with E-state index >= 15 is 0 Å². The second-order valence-electron chi connectivity index (χ2n) is 8.99. The molecule has 34 heavy (non-hydrogen) atoms. The maximum absolute atomic E-state index is 13.0. The van der Waals surface area contributed by atoms with Crippen molar-refractivity contribution in [2.75, 3.05) is 29.9 Å². The van der Waals surface area contributed by atoms with Gasteiger partial charge in [-0.2, -0.15) is 0 Å². The van der Waals surface area contributed by atoms with Gasteiger partial charge in [0.2, 0.25) is 11.8 Å². The van der Waals surface area contributed by atoms with Crippen molar-refractivity contribution in [1.29, 1.82) is 0 Å². The fraction of sp³-hybridized carbons (Fsp3) is 0.400. The molecule has 1 aliphatic heterocycles. The maximum atomic E-state index is 13.0. The van der Waals surface area contributed by atoms with E-state index in [0.717, 1.165) is 22.7 Å². The van der Waals surface area contributed by atoms with Gasteiger partial charge in [0.25, 0.3) is 5.56 Å². The molecule has 0 spiro atoms. The van der Waals surface area contributed by atoms with Crippen LogP contribution in [0.15, 0.2) is 45.7 Å². The number of benzene rings is 1. The fourth-order valence-corrected chi connectivity index (χ4v) is 4.37. The molecule has 0 fully saturated rings. The van der Waals surface area contributed by atoms with E-state index in [-0.39, 0.29) is 46.9 Å². The van der Waals surface area contributed by atoms with E-state index in [1.807, 2.05) is 38.1 Å². The topological polar surface area (TPSA) is 87.8 Å². The number of anilines is 2. The smallest absolute Gasteiger partial charge is 0.261 e. The molecule has 1 N–H and O–H groups in total. The van der Waals surface area contributed by atoms with Crippen molar-refractivity contribution in [2.45, 2.75) is 40.8 Å². The van der Waals surface area contributed by atoms with Crippen molar-refractivity contribution in [2.24, 2.45) is 5.41 Å². The van der Waals surface area contributed by atoms with Crippen molar-refractivity contribution in [3.63, 3.8) is 0 Å². The number of aryl methyl sites for hydroxylation is 1. The Kier molecular flexibility index (Phi) is 7.77. The van der Waals surface area contributed by atoms with Crippen LogP contribution in [0.3, 0.4) is 0 Å². The Morgan fingerprint density at radius 2 is 1.76 bits per heavy atom. The quantitative estimate of drug-likeness (QED) is 0.338. The minimum absolute atomic E-state index is 0. The van der Waals surface area contributed by atoms with Gasteiger partial charge in [0, 0.05) is 69.0 Å². The van der Waals surface area contributed by atoms with Crippen LogP contribution in [-0.4, -0.2) is 66.1 Å². The molecule has 0 saturated carbocycles. The predicted octanol–water partition coefficient (Wildman–Crippen LogP) is 2.67. The third kappa shape index (κ3) is 4.60. The minimum Gasteiger partial charge on any atom is -0.461 e. The number of hydrogen-bond donors (Lipinski definition) is 1. The number of rotatable bonds is 6. The second-order valence-corrected chi connectivity index (χ2v) is 8.99. The zero-order valence-corrected chi connectivity index (χ0v) is 22.8. The molecular formula is C25H30N4NaO4. The molecule has 175 valence electrons. The average molecular weight is 474 g/mol. The number of nitrogens with one attached hydrogen (secondary N) is 1. The van der Waals surface area contributed by atoms with Crippen molar-refractivity contribution in [3.05, 3.63) is 58.2 Å². The van der Waals surface area contributed by atoms with Gasteiger partial charge in [-0.3, -0.25) is 14.4 Å². The van der Waals surface area contributed by atoms with Gasteiger partial charge in [-0.05, 0) is 57.5 Å². The van der Waals surface area contributed by atoms with Crippen LogP contribution in [0.5, 0.6) is 0 Å². The molecule has 0 aliphatic carbocycles. The summed E-state index contributed by atoms with van der Waals surface area (Å²) in [5.74, 6) is 0.303. The van der Waals surface area contributed by atoms with Crippen LogP contribution in [0, 0.1) is 12.3 Å². The summed E-state index contributed by atoms with van der Waals surface area (Å²) in [6.07, 6.45) is 1.75. The molecule has 3 aromatic rings. The molecule has 0 bridgehead atoms. The monoisotopic (exact) mass is 473 g/mol. The Morgan fingerprint density at radius 1 is 1.03 bits per heavy atom. The molecule has 0 atom stereocenters. The molecule has 4 rings (SSSR count). The first-order chi connectivity index (χ1) is 15.6. The van der Waals surface area contributed by atoms with Gasteiger partial charge in [-0.25, -0.2) is 0 Å². The zero-order chi connectivity index (χ0) is 23.9. The van der Waals surface area contributed by atoms with Crippen molar-refractivity contribution in [3.8, 4) is 0 Å². The second kappa shape index (κ2) is 10.1. The number of fused-ring (bicyclic) bond motifs is 2. The first-order valence-corrected chi connectivity index (χ1v) is 11.2. The molecule has 2 aromatic heterocycles. The Balaban J connectivity index is 0.00000324. The van der Waals surface area contributed by atoms with Crippen molar-refractivity contribution >= 4 is 63.7 Å². The van der Waals surface area contributed by atoms with E-state index < -0.39 is 5.41 Å². The number of carbonyl (C=O) groups is 2.